The van der Waals surface area contributed by atoms with Crippen LogP contribution in [0.25, 0.3) is 0 Å². The summed E-state index contributed by atoms with van der Waals surface area (Å²) in [4.78, 5) is 34.7. The number of nitrogens with zero attached hydrogens (tertiary/aromatic N) is 2. The Labute approximate surface area is 185 Å². The highest BCUT2D eigenvalue weighted by Crippen LogP contribution is 2.25. The number of Topliss-reactive ketones (excluding diaryl/α,β-unsaturated/α-hetero) is 1. The lowest BCUT2D eigenvalue weighted by Crippen LogP contribution is -2.48. The summed E-state index contributed by atoms with van der Waals surface area (Å²) in [7, 11) is -3.01. The van der Waals surface area contributed by atoms with E-state index in [0.717, 1.165) is 24.3 Å². The molecule has 1 atom stereocenters. The van der Waals surface area contributed by atoms with Crippen molar-refractivity contribution in [2.45, 2.75) is 31.2 Å². The number of aliphatic carboxylic acids is 1. The Balaban J connectivity index is 2.49. The fourth-order valence-electron chi connectivity index (χ4n) is 3.04. The van der Waals surface area contributed by atoms with E-state index in [4.69, 9.17) is 4.74 Å². The lowest BCUT2D eigenvalue weighted by atomic mass is 10.0. The average Bonchev–Trinajstić information content (AvgIpc) is 2.75. The number of benzene rings is 2. The zero-order valence-corrected chi connectivity index (χ0v) is 18.6. The number of non-ortho nitro benzene ring substituents is 1. The van der Waals surface area contributed by atoms with E-state index < -0.39 is 39.3 Å². The smallest absolute Gasteiger partial charge is 0.322 e. The van der Waals surface area contributed by atoms with Gasteiger partial charge < -0.3 is 9.84 Å². The molecule has 2 rings (SSSR count). The molecule has 0 aliphatic heterocycles. The molecule has 0 radical (unpaired) electrons. The molecule has 0 heterocycles. The summed E-state index contributed by atoms with van der Waals surface area (Å²) in [5, 5.41) is 20.6. The van der Waals surface area contributed by atoms with Crippen LogP contribution in [0.3, 0.4) is 0 Å². The highest BCUT2D eigenvalue weighted by atomic mass is 32.2. The van der Waals surface area contributed by atoms with Gasteiger partial charge >= 0.3 is 5.97 Å². The summed E-state index contributed by atoms with van der Waals surface area (Å²) >= 11 is 0. The molecule has 0 aliphatic carbocycles. The molecule has 11 heteroatoms. The van der Waals surface area contributed by atoms with E-state index in [0.29, 0.717) is 10.1 Å². The molecule has 0 amide bonds. The highest BCUT2D eigenvalue weighted by molar-refractivity contribution is 7.89. The highest BCUT2D eigenvalue weighted by Gasteiger charge is 2.38. The third kappa shape index (κ3) is 5.89. The Morgan fingerprint density at radius 2 is 1.66 bits per heavy atom. The molecule has 0 aromatic heterocycles. The summed E-state index contributed by atoms with van der Waals surface area (Å²) in [6, 6.07) is 8.53. The normalized spacial score (nSPS) is 12.5. The zero-order chi connectivity index (χ0) is 24.1. The Kier molecular flexibility index (Phi) is 8.06. The van der Waals surface area contributed by atoms with Crippen LogP contribution in [-0.4, -0.2) is 54.2 Å². The fraction of sp³-hybridized carbons (Fsp3) is 0.333. The number of nitro groups is 1. The van der Waals surface area contributed by atoms with E-state index in [1.165, 1.54) is 31.4 Å². The molecule has 0 aliphatic rings. The molecular formula is C21H24N2O8S. The molecule has 10 nitrogen and oxygen atoms in total. The van der Waals surface area contributed by atoms with Crippen LogP contribution in [0.4, 0.5) is 5.69 Å². The van der Waals surface area contributed by atoms with E-state index in [9.17, 15) is 33.2 Å². The van der Waals surface area contributed by atoms with Gasteiger partial charge in [-0.3, -0.25) is 19.7 Å². The number of methoxy groups -OCH3 is 1. The first-order chi connectivity index (χ1) is 15.0. The second-order valence-corrected chi connectivity index (χ2v) is 9.33. The fourth-order valence-corrected chi connectivity index (χ4v) is 4.59. The molecule has 1 unspecified atom stereocenters. The largest absolute Gasteiger partial charge is 0.497 e. The predicted molar refractivity (Wildman–Crippen MR) is 115 cm³/mol. The van der Waals surface area contributed by atoms with Gasteiger partial charge in [-0.2, -0.15) is 4.31 Å². The maximum Gasteiger partial charge on any atom is 0.322 e. The molecule has 0 bridgehead atoms. The van der Waals surface area contributed by atoms with Gasteiger partial charge in [0.2, 0.25) is 10.0 Å². The van der Waals surface area contributed by atoms with Crippen molar-refractivity contribution in [2.75, 3.05) is 13.7 Å². The van der Waals surface area contributed by atoms with Crippen LogP contribution in [0.2, 0.25) is 0 Å². The Morgan fingerprint density at radius 3 is 2.09 bits per heavy atom. The van der Waals surface area contributed by atoms with Crippen LogP contribution in [0, 0.1) is 16.0 Å². The number of rotatable bonds is 11. The summed E-state index contributed by atoms with van der Waals surface area (Å²) in [6.45, 7) is 2.76. The Morgan fingerprint density at radius 1 is 1.09 bits per heavy atom. The van der Waals surface area contributed by atoms with Crippen LogP contribution in [0.1, 0.15) is 30.6 Å². The number of sulfonamides is 1. The van der Waals surface area contributed by atoms with Gasteiger partial charge in [0, 0.05) is 17.7 Å². The molecule has 2 aromatic carbocycles. The number of carbonyl (C=O) groups is 2. The lowest BCUT2D eigenvalue weighted by Gasteiger charge is -2.28. The van der Waals surface area contributed by atoms with Gasteiger partial charge in [0.15, 0.2) is 5.78 Å². The molecular weight excluding hydrogens is 440 g/mol. The van der Waals surface area contributed by atoms with Crippen molar-refractivity contribution in [1.29, 1.82) is 0 Å². The topological polar surface area (TPSA) is 144 Å². The number of hydrogen-bond acceptors (Lipinski definition) is 7. The van der Waals surface area contributed by atoms with Crippen LogP contribution in [0.15, 0.2) is 53.4 Å². The van der Waals surface area contributed by atoms with Gasteiger partial charge in [0.05, 0.1) is 23.5 Å². The molecule has 1 N–H and O–H groups in total. The monoisotopic (exact) mass is 464 g/mol. The molecule has 172 valence electrons. The van der Waals surface area contributed by atoms with Gasteiger partial charge in [-0.05, 0) is 48.7 Å². The van der Waals surface area contributed by atoms with E-state index >= 15 is 0 Å². The first-order valence-corrected chi connectivity index (χ1v) is 11.1. The maximum atomic E-state index is 13.3. The van der Waals surface area contributed by atoms with Crippen molar-refractivity contribution >= 4 is 27.5 Å². The van der Waals surface area contributed by atoms with Crippen LogP contribution in [-0.2, 0) is 14.8 Å². The molecule has 32 heavy (non-hydrogen) atoms. The van der Waals surface area contributed by atoms with Crippen molar-refractivity contribution < 1.29 is 32.8 Å². The minimum absolute atomic E-state index is 0.0303. The second-order valence-electron chi connectivity index (χ2n) is 7.44. The summed E-state index contributed by atoms with van der Waals surface area (Å²) in [5.74, 6) is -1.68. The Bertz CT molecular complexity index is 1080. The van der Waals surface area contributed by atoms with Gasteiger partial charge in [-0.15, -0.1) is 0 Å². The lowest BCUT2D eigenvalue weighted by molar-refractivity contribution is -0.384. The molecule has 0 spiro atoms. The first kappa shape index (κ1) is 25.0. The van der Waals surface area contributed by atoms with E-state index in [1.807, 2.05) is 0 Å². The summed E-state index contributed by atoms with van der Waals surface area (Å²) < 4.78 is 32.3. The predicted octanol–water partition coefficient (Wildman–Crippen LogP) is 2.98. The van der Waals surface area contributed by atoms with Crippen molar-refractivity contribution in [2.24, 2.45) is 5.92 Å². The summed E-state index contributed by atoms with van der Waals surface area (Å²) in [5.41, 5.74) is -0.134. The number of ketones is 1. The van der Waals surface area contributed by atoms with Gasteiger partial charge in [0.25, 0.3) is 5.69 Å². The number of carboxylic acids is 1. The average molecular weight is 464 g/mol. The number of carboxylic acid groups (broad SMARTS) is 1. The van der Waals surface area contributed by atoms with Crippen molar-refractivity contribution in [3.8, 4) is 5.75 Å². The number of carbonyl (C=O) groups excluding carboxylic acids is 1. The zero-order valence-electron chi connectivity index (χ0n) is 17.8. The minimum atomic E-state index is -4.46. The summed E-state index contributed by atoms with van der Waals surface area (Å²) in [6.07, 6.45) is -0.0303. The molecule has 0 saturated heterocycles. The number of hydrogen-bond donors (Lipinski definition) is 1. The van der Waals surface area contributed by atoms with Crippen molar-refractivity contribution in [1.82, 2.24) is 4.31 Å². The number of nitro benzene ring substituents is 1. The van der Waals surface area contributed by atoms with Crippen molar-refractivity contribution in [3.05, 3.63) is 64.2 Å². The standard InChI is InChI=1S/C21H24N2O8S/c1-14(2)12-19(21(25)26)22(13-20(24)15-4-8-17(31-3)9-5-15)32(29,30)18-10-6-16(7-11-18)23(27)28/h4-11,14,19H,12-13H2,1-3H3,(H,25,26). The maximum absolute atomic E-state index is 13.3. The SMILES string of the molecule is COc1ccc(C(=O)CN(C(CC(C)C)C(=O)O)S(=O)(=O)c2ccc([N+](=O)[O-])cc2)cc1. The van der Waals surface area contributed by atoms with Gasteiger partial charge in [-0.1, -0.05) is 13.8 Å². The van der Waals surface area contributed by atoms with E-state index in [1.54, 1.807) is 13.8 Å². The van der Waals surface area contributed by atoms with E-state index in [-0.39, 0.29) is 28.5 Å². The van der Waals surface area contributed by atoms with Crippen LogP contribution >= 0.6 is 0 Å². The van der Waals surface area contributed by atoms with E-state index in [2.05, 4.69) is 0 Å². The number of ether oxygens (including phenoxy) is 1. The van der Waals surface area contributed by atoms with Crippen LogP contribution < -0.4 is 4.74 Å². The first-order valence-electron chi connectivity index (χ1n) is 9.63. The third-order valence-corrected chi connectivity index (χ3v) is 6.56. The quantitative estimate of drug-likeness (QED) is 0.304. The second kappa shape index (κ2) is 10.3. The van der Waals surface area contributed by atoms with Crippen molar-refractivity contribution in [3.63, 3.8) is 0 Å². The van der Waals surface area contributed by atoms with Crippen LogP contribution in [0.5, 0.6) is 5.75 Å². The third-order valence-electron chi connectivity index (χ3n) is 4.69. The molecule has 0 fully saturated rings. The van der Waals surface area contributed by atoms with Gasteiger partial charge in [-0.25, -0.2) is 8.42 Å². The molecule has 0 saturated carbocycles. The minimum Gasteiger partial charge on any atom is -0.497 e. The van der Waals surface area contributed by atoms with Gasteiger partial charge in [0.1, 0.15) is 11.8 Å². The molecule has 2 aromatic rings. The Hall–Kier alpha value is -3.31.